The van der Waals surface area contributed by atoms with Crippen molar-refractivity contribution in [3.63, 3.8) is 0 Å². The summed E-state index contributed by atoms with van der Waals surface area (Å²) in [4.78, 5) is 26.4. The predicted octanol–water partition coefficient (Wildman–Crippen LogP) is 0.826. The van der Waals surface area contributed by atoms with Crippen LogP contribution in [-0.2, 0) is 11.3 Å². The number of hydrogen-bond donors (Lipinski definition) is 0. The fourth-order valence-electron chi connectivity index (χ4n) is 0.731. The summed E-state index contributed by atoms with van der Waals surface area (Å²) in [5.41, 5.74) is 0.410. The van der Waals surface area contributed by atoms with Crippen molar-refractivity contribution in [3.05, 3.63) is 34.1 Å². The number of nitro groups is 1. The first-order chi connectivity index (χ1) is 6.24. The summed E-state index contributed by atoms with van der Waals surface area (Å²) in [5.74, 6) is 0. The van der Waals surface area contributed by atoms with Gasteiger partial charge in [0.15, 0.2) is 0 Å². The molecule has 0 unspecified atom stereocenters. The van der Waals surface area contributed by atoms with E-state index < -0.39 is 4.92 Å². The Balaban J connectivity index is 2.80. The molecule has 6 nitrogen and oxygen atoms in total. The minimum Gasteiger partial charge on any atom is -0.258 e. The molecule has 1 aromatic heterocycles. The molecule has 0 bridgehead atoms. The summed E-state index contributed by atoms with van der Waals surface area (Å²) >= 11 is 0. The lowest BCUT2D eigenvalue weighted by Gasteiger charge is -1.92. The van der Waals surface area contributed by atoms with E-state index in [9.17, 15) is 14.9 Å². The fourth-order valence-corrected chi connectivity index (χ4v) is 0.731. The molecular formula is C7H5N3O3. The number of isocyanates is 1. The lowest BCUT2D eigenvalue weighted by molar-refractivity contribution is -0.385. The molecular weight excluding hydrogens is 174 g/mol. The summed E-state index contributed by atoms with van der Waals surface area (Å²) in [6, 6.07) is 2.75. The van der Waals surface area contributed by atoms with Crippen LogP contribution >= 0.6 is 0 Å². The lowest BCUT2D eigenvalue weighted by atomic mass is 10.3. The minimum absolute atomic E-state index is 0.0844. The monoisotopic (exact) mass is 179 g/mol. The van der Waals surface area contributed by atoms with Crippen LogP contribution in [0.4, 0.5) is 5.69 Å². The SMILES string of the molecule is O=C=NCc1ccc([N+](=O)[O-])cn1. The number of aromatic nitrogens is 1. The van der Waals surface area contributed by atoms with Gasteiger partial charge in [-0.15, -0.1) is 0 Å². The van der Waals surface area contributed by atoms with Crippen molar-refractivity contribution in [1.29, 1.82) is 0 Å². The van der Waals surface area contributed by atoms with Gasteiger partial charge in [0.25, 0.3) is 5.69 Å². The molecule has 1 aromatic rings. The number of rotatable bonds is 3. The third-order valence-corrected chi connectivity index (χ3v) is 1.33. The molecule has 1 heterocycles. The first-order valence-electron chi connectivity index (χ1n) is 3.37. The Labute approximate surface area is 73.1 Å². The maximum absolute atomic E-state index is 10.2. The summed E-state index contributed by atoms with van der Waals surface area (Å²) < 4.78 is 0. The molecule has 0 N–H and O–H groups in total. The maximum atomic E-state index is 10.2. The maximum Gasteiger partial charge on any atom is 0.287 e. The molecule has 1 rings (SSSR count). The number of aliphatic imine (C=N–C) groups is 1. The average molecular weight is 179 g/mol. The Morgan fingerprint density at radius 3 is 2.85 bits per heavy atom. The lowest BCUT2D eigenvalue weighted by Crippen LogP contribution is -1.91. The van der Waals surface area contributed by atoms with E-state index in [0.717, 1.165) is 6.20 Å². The Morgan fingerprint density at radius 1 is 1.62 bits per heavy atom. The molecule has 13 heavy (non-hydrogen) atoms. The molecule has 0 radical (unpaired) electrons. The number of nitrogens with zero attached hydrogens (tertiary/aromatic N) is 3. The third-order valence-electron chi connectivity index (χ3n) is 1.33. The van der Waals surface area contributed by atoms with Gasteiger partial charge in [0.2, 0.25) is 6.08 Å². The molecule has 0 aromatic carbocycles. The fraction of sp³-hybridized carbons (Fsp3) is 0.143. The molecule has 0 saturated heterocycles. The van der Waals surface area contributed by atoms with E-state index in [1.54, 1.807) is 0 Å². The van der Waals surface area contributed by atoms with Crippen molar-refractivity contribution in [1.82, 2.24) is 4.98 Å². The van der Waals surface area contributed by atoms with Gasteiger partial charge in [0.05, 0.1) is 17.2 Å². The average Bonchev–Trinajstić information content (AvgIpc) is 2.15. The van der Waals surface area contributed by atoms with Gasteiger partial charge in [-0.2, -0.15) is 4.99 Å². The van der Waals surface area contributed by atoms with Crippen LogP contribution in [0.15, 0.2) is 23.3 Å². The standard InChI is InChI=1S/C7H5N3O3/c11-5-8-3-6-1-2-7(4-9-6)10(12)13/h1-2,4H,3H2. The van der Waals surface area contributed by atoms with E-state index >= 15 is 0 Å². The van der Waals surface area contributed by atoms with Crippen molar-refractivity contribution < 1.29 is 9.72 Å². The van der Waals surface area contributed by atoms with E-state index in [1.165, 1.54) is 18.2 Å². The van der Waals surface area contributed by atoms with Gasteiger partial charge in [-0.3, -0.25) is 15.1 Å². The predicted molar refractivity (Wildman–Crippen MR) is 42.7 cm³/mol. The second-order valence-electron chi connectivity index (χ2n) is 2.17. The van der Waals surface area contributed by atoms with Crippen LogP contribution in [0.2, 0.25) is 0 Å². The molecule has 66 valence electrons. The van der Waals surface area contributed by atoms with Crippen LogP contribution in [0, 0.1) is 10.1 Å². The van der Waals surface area contributed by atoms with Crippen LogP contribution in [0.5, 0.6) is 0 Å². The zero-order chi connectivity index (χ0) is 9.68. The minimum atomic E-state index is -0.542. The summed E-state index contributed by atoms with van der Waals surface area (Å²) in [7, 11) is 0. The molecule has 0 aliphatic heterocycles. The molecule has 0 aliphatic carbocycles. The Kier molecular flexibility index (Phi) is 2.83. The quantitative estimate of drug-likeness (QED) is 0.297. The van der Waals surface area contributed by atoms with E-state index in [0.29, 0.717) is 5.69 Å². The van der Waals surface area contributed by atoms with Gasteiger partial charge in [0, 0.05) is 6.07 Å². The Morgan fingerprint density at radius 2 is 2.38 bits per heavy atom. The van der Waals surface area contributed by atoms with Gasteiger partial charge in [-0.1, -0.05) is 0 Å². The van der Waals surface area contributed by atoms with E-state index in [1.807, 2.05) is 0 Å². The highest BCUT2D eigenvalue weighted by molar-refractivity contribution is 5.33. The van der Waals surface area contributed by atoms with Gasteiger partial charge < -0.3 is 0 Å². The van der Waals surface area contributed by atoms with E-state index in [-0.39, 0.29) is 12.2 Å². The van der Waals surface area contributed by atoms with Gasteiger partial charge in [0.1, 0.15) is 6.20 Å². The van der Waals surface area contributed by atoms with Gasteiger partial charge in [-0.05, 0) is 6.07 Å². The van der Waals surface area contributed by atoms with Gasteiger partial charge in [-0.25, -0.2) is 4.79 Å². The van der Waals surface area contributed by atoms with Crippen molar-refractivity contribution in [2.24, 2.45) is 4.99 Å². The van der Waals surface area contributed by atoms with Crippen molar-refractivity contribution >= 4 is 11.8 Å². The molecule has 0 saturated carbocycles. The highest BCUT2D eigenvalue weighted by atomic mass is 16.6. The zero-order valence-corrected chi connectivity index (χ0v) is 6.51. The van der Waals surface area contributed by atoms with Crippen LogP contribution in [0.25, 0.3) is 0 Å². The molecule has 0 amide bonds. The second-order valence-corrected chi connectivity index (χ2v) is 2.17. The van der Waals surface area contributed by atoms with Crippen molar-refractivity contribution in [2.75, 3.05) is 0 Å². The first kappa shape index (κ1) is 9.02. The van der Waals surface area contributed by atoms with E-state index in [4.69, 9.17) is 0 Å². The van der Waals surface area contributed by atoms with Crippen molar-refractivity contribution in [2.45, 2.75) is 6.54 Å². The van der Waals surface area contributed by atoms with Crippen molar-refractivity contribution in [3.8, 4) is 0 Å². The number of pyridine rings is 1. The smallest absolute Gasteiger partial charge is 0.258 e. The highest BCUT2D eigenvalue weighted by Gasteiger charge is 2.04. The van der Waals surface area contributed by atoms with Gasteiger partial charge >= 0.3 is 0 Å². The largest absolute Gasteiger partial charge is 0.287 e. The molecule has 0 atom stereocenters. The van der Waals surface area contributed by atoms with Crippen LogP contribution in [0.3, 0.4) is 0 Å². The number of carbonyl (C=O) groups excluding carboxylic acids is 1. The Bertz CT molecular complexity index is 354. The third kappa shape index (κ3) is 2.46. The first-order valence-corrected chi connectivity index (χ1v) is 3.37. The molecule has 0 aliphatic rings. The van der Waals surface area contributed by atoms with Crippen LogP contribution in [0.1, 0.15) is 5.69 Å². The Hall–Kier alpha value is -2.07. The highest BCUT2D eigenvalue weighted by Crippen LogP contribution is 2.08. The second kappa shape index (κ2) is 4.08. The zero-order valence-electron chi connectivity index (χ0n) is 6.51. The normalized spacial score (nSPS) is 8.92. The van der Waals surface area contributed by atoms with Crippen LogP contribution in [-0.4, -0.2) is 16.0 Å². The molecule has 6 heteroatoms. The summed E-state index contributed by atoms with van der Waals surface area (Å²) in [6.45, 7) is 0.0987. The summed E-state index contributed by atoms with van der Waals surface area (Å²) in [6.07, 6.45) is 2.48. The number of hydrogen-bond acceptors (Lipinski definition) is 5. The topological polar surface area (TPSA) is 85.5 Å². The molecule has 0 fully saturated rings. The molecule has 0 spiro atoms. The summed E-state index contributed by atoms with van der Waals surface area (Å²) in [5, 5.41) is 10.2. The van der Waals surface area contributed by atoms with E-state index in [2.05, 4.69) is 9.98 Å². The van der Waals surface area contributed by atoms with Crippen LogP contribution < -0.4 is 0 Å².